The van der Waals surface area contributed by atoms with E-state index in [0.29, 0.717) is 6.54 Å². The van der Waals surface area contributed by atoms with E-state index in [0.717, 1.165) is 24.9 Å². The van der Waals surface area contributed by atoms with Gasteiger partial charge < -0.3 is 10.2 Å². The molecular formula is C10H14F3N3. The molecule has 0 atom stereocenters. The first kappa shape index (κ1) is 12.8. The Morgan fingerprint density at radius 3 is 2.62 bits per heavy atom. The summed E-state index contributed by atoms with van der Waals surface area (Å²) in [6, 6.07) is 1.97. The summed E-state index contributed by atoms with van der Waals surface area (Å²) in [7, 11) is 3.78. The summed E-state index contributed by atoms with van der Waals surface area (Å²) in [5, 5.41) is 2.84. The fourth-order valence-electron chi connectivity index (χ4n) is 1.11. The third-order valence-electron chi connectivity index (χ3n) is 1.95. The van der Waals surface area contributed by atoms with Gasteiger partial charge in [0.05, 0.1) is 5.56 Å². The van der Waals surface area contributed by atoms with Gasteiger partial charge in [0.1, 0.15) is 5.82 Å². The highest BCUT2D eigenvalue weighted by molar-refractivity contribution is 5.38. The Balaban J connectivity index is 2.61. The van der Waals surface area contributed by atoms with E-state index in [4.69, 9.17) is 0 Å². The van der Waals surface area contributed by atoms with Crippen molar-refractivity contribution in [3.05, 3.63) is 23.9 Å². The molecule has 0 saturated carbocycles. The van der Waals surface area contributed by atoms with Crippen LogP contribution in [0.2, 0.25) is 0 Å². The van der Waals surface area contributed by atoms with E-state index in [1.54, 1.807) is 0 Å². The van der Waals surface area contributed by atoms with Crippen LogP contribution in [-0.2, 0) is 6.18 Å². The number of hydrogen-bond donors (Lipinski definition) is 1. The van der Waals surface area contributed by atoms with Crippen LogP contribution in [0, 0.1) is 0 Å². The Kier molecular flexibility index (Phi) is 4.12. The van der Waals surface area contributed by atoms with Gasteiger partial charge in [0.15, 0.2) is 0 Å². The highest BCUT2D eigenvalue weighted by Crippen LogP contribution is 2.29. The first-order chi connectivity index (χ1) is 7.39. The molecule has 0 amide bonds. The minimum absolute atomic E-state index is 0.247. The zero-order valence-corrected chi connectivity index (χ0v) is 9.17. The van der Waals surface area contributed by atoms with E-state index >= 15 is 0 Å². The van der Waals surface area contributed by atoms with Crippen LogP contribution in [0.3, 0.4) is 0 Å². The van der Waals surface area contributed by atoms with Crippen LogP contribution < -0.4 is 5.32 Å². The first-order valence-electron chi connectivity index (χ1n) is 4.81. The van der Waals surface area contributed by atoms with E-state index in [9.17, 15) is 13.2 Å². The molecule has 0 aliphatic carbocycles. The Morgan fingerprint density at radius 2 is 2.06 bits per heavy atom. The topological polar surface area (TPSA) is 28.2 Å². The quantitative estimate of drug-likeness (QED) is 0.863. The number of nitrogens with one attached hydrogen (secondary N) is 1. The lowest BCUT2D eigenvalue weighted by molar-refractivity contribution is -0.137. The molecule has 0 aliphatic heterocycles. The van der Waals surface area contributed by atoms with Gasteiger partial charge in [-0.05, 0) is 26.2 Å². The molecule has 1 aromatic rings. The lowest BCUT2D eigenvalue weighted by atomic mass is 10.2. The third kappa shape index (κ3) is 4.06. The van der Waals surface area contributed by atoms with Gasteiger partial charge in [-0.1, -0.05) is 0 Å². The van der Waals surface area contributed by atoms with E-state index in [1.807, 2.05) is 19.0 Å². The second-order valence-corrected chi connectivity index (χ2v) is 3.66. The maximum absolute atomic E-state index is 12.4. The summed E-state index contributed by atoms with van der Waals surface area (Å²) < 4.78 is 37.1. The fourth-order valence-corrected chi connectivity index (χ4v) is 1.11. The number of nitrogens with zero attached hydrogens (tertiary/aromatic N) is 2. The third-order valence-corrected chi connectivity index (χ3v) is 1.95. The standard InChI is InChI=1S/C10H14F3N3/c1-16(2)6-5-15-9-7-8(3-4-14-9)10(11,12)13/h3-4,7H,5-6H2,1-2H3,(H,14,15). The summed E-state index contributed by atoms with van der Waals surface area (Å²) in [5.74, 6) is 0.247. The van der Waals surface area contributed by atoms with Crippen LogP contribution >= 0.6 is 0 Å². The van der Waals surface area contributed by atoms with Crippen LogP contribution in [0.1, 0.15) is 5.56 Å². The van der Waals surface area contributed by atoms with Crippen molar-refractivity contribution in [1.82, 2.24) is 9.88 Å². The monoisotopic (exact) mass is 233 g/mol. The average Bonchev–Trinajstić information content (AvgIpc) is 2.16. The molecule has 0 aliphatic rings. The predicted octanol–water partition coefficient (Wildman–Crippen LogP) is 2.07. The lowest BCUT2D eigenvalue weighted by Crippen LogP contribution is -2.21. The number of anilines is 1. The minimum atomic E-state index is -4.32. The number of alkyl halides is 3. The van der Waals surface area contributed by atoms with Crippen LogP contribution in [0.15, 0.2) is 18.3 Å². The molecule has 1 N–H and O–H groups in total. The molecule has 0 aromatic carbocycles. The van der Waals surface area contributed by atoms with Gasteiger partial charge in [0.25, 0.3) is 0 Å². The van der Waals surface area contributed by atoms with Gasteiger partial charge in [-0.2, -0.15) is 13.2 Å². The lowest BCUT2D eigenvalue weighted by Gasteiger charge is -2.12. The molecule has 0 unspecified atom stereocenters. The van der Waals surface area contributed by atoms with Crippen molar-refractivity contribution in [2.24, 2.45) is 0 Å². The van der Waals surface area contributed by atoms with Crippen molar-refractivity contribution in [3.63, 3.8) is 0 Å². The molecule has 16 heavy (non-hydrogen) atoms. The number of halogens is 3. The maximum Gasteiger partial charge on any atom is 0.416 e. The van der Waals surface area contributed by atoms with Crippen molar-refractivity contribution in [3.8, 4) is 0 Å². The molecule has 0 saturated heterocycles. The summed E-state index contributed by atoms with van der Waals surface area (Å²) in [5.41, 5.74) is -0.685. The second kappa shape index (κ2) is 5.16. The SMILES string of the molecule is CN(C)CCNc1cc(C(F)(F)F)ccn1. The van der Waals surface area contributed by atoms with Crippen molar-refractivity contribution in [2.75, 3.05) is 32.5 Å². The molecule has 0 fully saturated rings. The molecule has 0 spiro atoms. The number of hydrogen-bond acceptors (Lipinski definition) is 3. The van der Waals surface area contributed by atoms with E-state index in [1.165, 1.54) is 0 Å². The molecule has 0 bridgehead atoms. The van der Waals surface area contributed by atoms with Crippen molar-refractivity contribution >= 4 is 5.82 Å². The smallest absolute Gasteiger partial charge is 0.369 e. The zero-order valence-electron chi connectivity index (χ0n) is 9.17. The Labute approximate surface area is 92.3 Å². The molecule has 1 rings (SSSR count). The van der Waals surface area contributed by atoms with E-state index in [-0.39, 0.29) is 5.82 Å². The molecule has 3 nitrogen and oxygen atoms in total. The molecule has 90 valence electrons. The Morgan fingerprint density at radius 1 is 1.38 bits per heavy atom. The predicted molar refractivity (Wildman–Crippen MR) is 56.3 cm³/mol. The summed E-state index contributed by atoms with van der Waals surface area (Å²) >= 11 is 0. The molecule has 1 aromatic heterocycles. The Bertz CT molecular complexity index is 336. The number of aromatic nitrogens is 1. The number of rotatable bonds is 4. The van der Waals surface area contributed by atoms with E-state index in [2.05, 4.69) is 10.3 Å². The fraction of sp³-hybridized carbons (Fsp3) is 0.500. The van der Waals surface area contributed by atoms with Gasteiger partial charge in [0, 0.05) is 19.3 Å². The van der Waals surface area contributed by atoms with Crippen LogP contribution in [0.25, 0.3) is 0 Å². The second-order valence-electron chi connectivity index (χ2n) is 3.66. The number of likely N-dealkylation sites (N-methyl/N-ethyl adjacent to an activating group) is 1. The number of pyridine rings is 1. The molecular weight excluding hydrogens is 219 g/mol. The Hall–Kier alpha value is -1.30. The zero-order chi connectivity index (χ0) is 12.2. The molecule has 6 heteroatoms. The van der Waals surface area contributed by atoms with E-state index < -0.39 is 11.7 Å². The summed E-state index contributed by atoms with van der Waals surface area (Å²) in [6.07, 6.45) is -3.16. The van der Waals surface area contributed by atoms with Crippen molar-refractivity contribution in [2.45, 2.75) is 6.18 Å². The van der Waals surface area contributed by atoms with Crippen LogP contribution in [-0.4, -0.2) is 37.1 Å². The molecule has 0 radical (unpaired) electrons. The highest BCUT2D eigenvalue weighted by Gasteiger charge is 2.30. The largest absolute Gasteiger partial charge is 0.416 e. The highest BCUT2D eigenvalue weighted by atomic mass is 19.4. The van der Waals surface area contributed by atoms with Crippen molar-refractivity contribution < 1.29 is 13.2 Å². The van der Waals surface area contributed by atoms with Gasteiger partial charge in [-0.15, -0.1) is 0 Å². The normalized spacial score (nSPS) is 11.9. The van der Waals surface area contributed by atoms with Gasteiger partial charge in [-0.25, -0.2) is 4.98 Å². The molecule has 1 heterocycles. The van der Waals surface area contributed by atoms with Gasteiger partial charge in [0.2, 0.25) is 0 Å². The minimum Gasteiger partial charge on any atom is -0.369 e. The van der Waals surface area contributed by atoms with Crippen LogP contribution in [0.4, 0.5) is 19.0 Å². The first-order valence-corrected chi connectivity index (χ1v) is 4.81. The van der Waals surface area contributed by atoms with Gasteiger partial charge >= 0.3 is 6.18 Å². The van der Waals surface area contributed by atoms with Crippen molar-refractivity contribution in [1.29, 1.82) is 0 Å². The van der Waals surface area contributed by atoms with Gasteiger partial charge in [-0.3, -0.25) is 0 Å². The summed E-state index contributed by atoms with van der Waals surface area (Å²) in [4.78, 5) is 5.75. The average molecular weight is 233 g/mol. The van der Waals surface area contributed by atoms with Crippen LogP contribution in [0.5, 0.6) is 0 Å². The maximum atomic E-state index is 12.4. The summed E-state index contributed by atoms with van der Waals surface area (Å²) in [6.45, 7) is 1.29.